The van der Waals surface area contributed by atoms with E-state index >= 15 is 0 Å². The first-order valence-electron chi connectivity index (χ1n) is 3.45. The van der Waals surface area contributed by atoms with E-state index < -0.39 is 10.2 Å². The Bertz CT molecular complexity index is 204. The van der Waals surface area contributed by atoms with Gasteiger partial charge < -0.3 is 4.74 Å². The number of ether oxygens (including phenoxy) is 1. The van der Waals surface area contributed by atoms with E-state index in [1.165, 1.54) is 7.11 Å². The average Bonchev–Trinajstić information content (AvgIpc) is 2.04. The quantitative estimate of drug-likeness (QED) is 0.403. The van der Waals surface area contributed by atoms with Gasteiger partial charge in [-0.2, -0.15) is 5.26 Å². The number of methoxy groups -OCH3 is 1. The zero-order valence-corrected chi connectivity index (χ0v) is 8.54. The minimum atomic E-state index is -1.22. The summed E-state index contributed by atoms with van der Waals surface area (Å²) in [5.74, 6) is -0.558. The zero-order chi connectivity index (χ0) is 9.61. The van der Waals surface area contributed by atoms with Gasteiger partial charge in [-0.05, 0) is 18.2 Å². The van der Waals surface area contributed by atoms with Gasteiger partial charge in [0.25, 0.3) is 0 Å². The highest BCUT2D eigenvalue weighted by Gasteiger charge is 2.37. The molecule has 0 bridgehead atoms. The van der Waals surface area contributed by atoms with Crippen molar-refractivity contribution >= 4 is 29.3 Å². The van der Waals surface area contributed by atoms with Gasteiger partial charge in [0, 0.05) is 0 Å². The number of hydrogen-bond acceptors (Lipinski definition) is 4. The van der Waals surface area contributed by atoms with Crippen LogP contribution in [-0.2, 0) is 9.53 Å². The lowest BCUT2D eigenvalue weighted by molar-refractivity contribution is -0.141. The van der Waals surface area contributed by atoms with Crippen molar-refractivity contribution in [2.45, 2.75) is 24.0 Å². The van der Waals surface area contributed by atoms with E-state index in [1.54, 1.807) is 5.40 Å². The summed E-state index contributed by atoms with van der Waals surface area (Å²) in [7, 11) is 1.26. The molecule has 0 saturated carbocycles. The van der Waals surface area contributed by atoms with Gasteiger partial charge in [0.2, 0.25) is 0 Å². The molecule has 0 aromatic heterocycles. The van der Waals surface area contributed by atoms with E-state index in [9.17, 15) is 4.79 Å². The molecule has 5 heteroatoms. The van der Waals surface area contributed by atoms with E-state index in [2.05, 4.69) is 4.74 Å². The molecule has 0 aliphatic rings. The molecule has 1 atom stereocenters. The highest BCUT2D eigenvalue weighted by atomic mass is 35.5. The van der Waals surface area contributed by atoms with Crippen molar-refractivity contribution in [3.63, 3.8) is 0 Å². The number of rotatable bonds is 4. The molecule has 12 heavy (non-hydrogen) atoms. The molecule has 0 aliphatic carbocycles. The molecule has 68 valence electrons. The maximum absolute atomic E-state index is 11.1. The second-order valence-corrected chi connectivity index (χ2v) is 4.12. The molecular formula is C7H10ClNO2S. The van der Waals surface area contributed by atoms with Crippen LogP contribution in [0.3, 0.4) is 0 Å². The molecule has 0 aromatic carbocycles. The number of thioether (sulfide) groups is 1. The number of esters is 1. The van der Waals surface area contributed by atoms with Crippen LogP contribution in [0.1, 0.15) is 19.8 Å². The van der Waals surface area contributed by atoms with Crippen LogP contribution in [0.4, 0.5) is 0 Å². The molecule has 0 heterocycles. The summed E-state index contributed by atoms with van der Waals surface area (Å²) in [6.07, 6.45) is 1.16. The molecule has 0 rings (SSSR count). The number of halogens is 1. The fraction of sp³-hybridized carbons (Fsp3) is 0.714. The Kier molecular flexibility index (Phi) is 5.11. The van der Waals surface area contributed by atoms with Crippen molar-refractivity contribution in [2.75, 3.05) is 7.11 Å². The number of nitrogens with zero attached hydrogens (tertiary/aromatic N) is 1. The lowest BCUT2D eigenvalue weighted by atomic mass is 10.2. The molecule has 0 spiro atoms. The van der Waals surface area contributed by atoms with Crippen LogP contribution < -0.4 is 0 Å². The fourth-order valence-electron chi connectivity index (χ4n) is 0.741. The Morgan fingerprint density at radius 3 is 2.75 bits per heavy atom. The molecule has 0 amide bonds. The van der Waals surface area contributed by atoms with Gasteiger partial charge in [-0.25, -0.2) is 4.79 Å². The second-order valence-electron chi connectivity index (χ2n) is 2.16. The molecular weight excluding hydrogens is 198 g/mol. The van der Waals surface area contributed by atoms with Crippen molar-refractivity contribution in [1.82, 2.24) is 0 Å². The number of carbonyl (C=O) groups excluding carboxylic acids is 1. The number of nitriles is 1. The summed E-state index contributed by atoms with van der Waals surface area (Å²) in [6.45, 7) is 1.89. The zero-order valence-electron chi connectivity index (χ0n) is 6.96. The first-order chi connectivity index (χ1) is 5.60. The summed E-state index contributed by atoms with van der Waals surface area (Å²) in [5.41, 5.74) is 0. The summed E-state index contributed by atoms with van der Waals surface area (Å²) in [4.78, 5) is 11.1. The highest BCUT2D eigenvalue weighted by molar-refractivity contribution is 8.06. The summed E-state index contributed by atoms with van der Waals surface area (Å²) >= 11 is 6.59. The summed E-state index contributed by atoms with van der Waals surface area (Å²) in [5, 5.41) is 10.2. The van der Waals surface area contributed by atoms with Crippen LogP contribution in [0.2, 0.25) is 0 Å². The van der Waals surface area contributed by atoms with Crippen molar-refractivity contribution < 1.29 is 9.53 Å². The number of carbonyl (C=O) groups is 1. The first-order valence-corrected chi connectivity index (χ1v) is 4.64. The molecule has 0 N–H and O–H groups in total. The van der Waals surface area contributed by atoms with Crippen LogP contribution in [0.25, 0.3) is 0 Å². The third-order valence-electron chi connectivity index (χ3n) is 1.27. The van der Waals surface area contributed by atoms with E-state index in [1.807, 2.05) is 6.92 Å². The van der Waals surface area contributed by atoms with Crippen LogP contribution in [0.5, 0.6) is 0 Å². The number of alkyl halides is 1. The normalized spacial score (nSPS) is 14.5. The minimum Gasteiger partial charge on any atom is -0.467 e. The largest absolute Gasteiger partial charge is 0.467 e. The Balaban J connectivity index is 4.39. The Hall–Kier alpha value is -0.400. The third kappa shape index (κ3) is 2.92. The van der Waals surface area contributed by atoms with Gasteiger partial charge in [-0.3, -0.25) is 0 Å². The minimum absolute atomic E-state index is 0.430. The SMILES string of the molecule is CCCC(Cl)(SC#N)C(=O)OC. The smallest absolute Gasteiger partial charge is 0.338 e. The number of thiocyanates is 1. The Labute approximate surface area is 81.0 Å². The average molecular weight is 208 g/mol. The Morgan fingerprint density at radius 1 is 1.83 bits per heavy atom. The monoisotopic (exact) mass is 207 g/mol. The topological polar surface area (TPSA) is 50.1 Å². The lowest BCUT2D eigenvalue weighted by Crippen LogP contribution is -2.29. The van der Waals surface area contributed by atoms with Gasteiger partial charge in [0.05, 0.1) is 7.11 Å². The van der Waals surface area contributed by atoms with Gasteiger partial charge >= 0.3 is 5.97 Å². The molecule has 0 aromatic rings. The predicted octanol–water partition coefficient (Wildman–Crippen LogP) is 2.11. The van der Waals surface area contributed by atoms with Gasteiger partial charge in [-0.15, -0.1) is 0 Å². The summed E-state index contributed by atoms with van der Waals surface area (Å²) < 4.78 is 3.25. The molecule has 1 unspecified atom stereocenters. The summed E-state index contributed by atoms with van der Waals surface area (Å²) in [6, 6.07) is 0. The fourth-order valence-corrected chi connectivity index (χ4v) is 1.73. The van der Waals surface area contributed by atoms with E-state index in [0.29, 0.717) is 6.42 Å². The van der Waals surface area contributed by atoms with Crippen LogP contribution >= 0.6 is 23.4 Å². The molecule has 0 fully saturated rings. The van der Waals surface area contributed by atoms with Crippen molar-refractivity contribution in [1.29, 1.82) is 5.26 Å². The van der Waals surface area contributed by atoms with Crippen molar-refractivity contribution in [3.05, 3.63) is 0 Å². The van der Waals surface area contributed by atoms with Gasteiger partial charge in [0.15, 0.2) is 4.21 Å². The lowest BCUT2D eigenvalue weighted by Gasteiger charge is -2.18. The molecule has 0 saturated heterocycles. The highest BCUT2D eigenvalue weighted by Crippen LogP contribution is 2.35. The maximum atomic E-state index is 11.1. The van der Waals surface area contributed by atoms with Gasteiger partial charge in [0.1, 0.15) is 5.40 Å². The second kappa shape index (κ2) is 5.28. The third-order valence-corrected chi connectivity index (χ3v) is 2.63. The maximum Gasteiger partial charge on any atom is 0.338 e. The predicted molar refractivity (Wildman–Crippen MR) is 48.7 cm³/mol. The van der Waals surface area contributed by atoms with Crippen LogP contribution in [0.15, 0.2) is 0 Å². The van der Waals surface area contributed by atoms with E-state index in [0.717, 1.165) is 18.2 Å². The number of hydrogen-bond donors (Lipinski definition) is 0. The first kappa shape index (κ1) is 11.6. The van der Waals surface area contributed by atoms with Crippen molar-refractivity contribution in [3.8, 4) is 5.40 Å². The van der Waals surface area contributed by atoms with Crippen LogP contribution in [-0.4, -0.2) is 17.3 Å². The van der Waals surface area contributed by atoms with Gasteiger partial charge in [-0.1, -0.05) is 24.9 Å². The molecule has 0 radical (unpaired) electrons. The van der Waals surface area contributed by atoms with E-state index in [4.69, 9.17) is 16.9 Å². The van der Waals surface area contributed by atoms with E-state index in [-0.39, 0.29) is 0 Å². The van der Waals surface area contributed by atoms with Crippen molar-refractivity contribution in [2.24, 2.45) is 0 Å². The molecule has 0 aliphatic heterocycles. The van der Waals surface area contributed by atoms with Crippen LogP contribution in [0, 0.1) is 10.7 Å². The molecule has 3 nitrogen and oxygen atoms in total. The Morgan fingerprint density at radius 2 is 2.42 bits per heavy atom. The standard InChI is InChI=1S/C7H10ClNO2S/c1-3-4-7(8,12-5-9)6(10)11-2/h3-4H2,1-2H3.